The van der Waals surface area contributed by atoms with Gasteiger partial charge in [-0.1, -0.05) is 44.7 Å². The highest BCUT2D eigenvalue weighted by molar-refractivity contribution is 7.89. The Kier molecular flexibility index (Phi) is 5.69. The normalized spacial score (nSPS) is 18.6. The molecule has 1 aliphatic rings. The van der Waals surface area contributed by atoms with Gasteiger partial charge in [-0.15, -0.1) is 11.6 Å². The molecule has 1 aromatic rings. The lowest BCUT2D eigenvalue weighted by Gasteiger charge is -2.36. The molecule has 0 amide bonds. The topological polar surface area (TPSA) is 46.2 Å². The molecular formula is C16H24ClNO2S. The van der Waals surface area contributed by atoms with Gasteiger partial charge in [-0.3, -0.25) is 0 Å². The van der Waals surface area contributed by atoms with E-state index in [2.05, 4.69) is 11.6 Å². The Morgan fingerprint density at radius 1 is 1.14 bits per heavy atom. The van der Waals surface area contributed by atoms with Crippen molar-refractivity contribution in [1.29, 1.82) is 0 Å². The minimum Gasteiger partial charge on any atom is -0.207 e. The van der Waals surface area contributed by atoms with Crippen LogP contribution in [0.2, 0.25) is 0 Å². The SMILES string of the molecule is CCCc1ccc(S(=O)(=O)NC2(CCl)CCCCC2)cc1. The van der Waals surface area contributed by atoms with E-state index in [1.807, 2.05) is 12.1 Å². The van der Waals surface area contributed by atoms with Gasteiger partial charge >= 0.3 is 0 Å². The lowest BCUT2D eigenvalue weighted by atomic mass is 9.84. The van der Waals surface area contributed by atoms with Crippen molar-refractivity contribution in [3.8, 4) is 0 Å². The Morgan fingerprint density at radius 2 is 1.76 bits per heavy atom. The van der Waals surface area contributed by atoms with Crippen LogP contribution < -0.4 is 4.72 Å². The fraction of sp³-hybridized carbons (Fsp3) is 0.625. The number of halogens is 1. The van der Waals surface area contributed by atoms with Crippen LogP contribution >= 0.6 is 11.6 Å². The van der Waals surface area contributed by atoms with Crippen LogP contribution in [-0.2, 0) is 16.4 Å². The van der Waals surface area contributed by atoms with Gasteiger partial charge in [-0.25, -0.2) is 13.1 Å². The minimum absolute atomic E-state index is 0.331. The summed E-state index contributed by atoms with van der Waals surface area (Å²) in [6.45, 7) is 2.11. The first-order valence-electron chi connectivity index (χ1n) is 7.70. The second-order valence-electron chi connectivity index (χ2n) is 5.97. The molecule has 2 rings (SSSR count). The van der Waals surface area contributed by atoms with Crippen molar-refractivity contribution in [2.24, 2.45) is 0 Å². The van der Waals surface area contributed by atoms with Crippen molar-refractivity contribution >= 4 is 21.6 Å². The Hall–Kier alpha value is -0.580. The summed E-state index contributed by atoms with van der Waals surface area (Å²) < 4.78 is 28.0. The summed E-state index contributed by atoms with van der Waals surface area (Å²) in [6.07, 6.45) is 6.90. The standard InChI is InChI=1S/C16H24ClNO2S/c1-2-6-14-7-9-15(10-8-14)21(19,20)18-16(13-17)11-4-3-5-12-16/h7-10,18H,2-6,11-13H2,1H3. The molecular weight excluding hydrogens is 306 g/mol. The van der Waals surface area contributed by atoms with Crippen molar-refractivity contribution in [3.63, 3.8) is 0 Å². The number of hydrogen-bond acceptors (Lipinski definition) is 2. The van der Waals surface area contributed by atoms with E-state index in [1.165, 1.54) is 5.56 Å². The van der Waals surface area contributed by atoms with Crippen LogP contribution in [0, 0.1) is 0 Å². The van der Waals surface area contributed by atoms with Crippen molar-refractivity contribution in [1.82, 2.24) is 4.72 Å². The van der Waals surface area contributed by atoms with Gasteiger partial charge in [0.1, 0.15) is 0 Å². The van der Waals surface area contributed by atoms with Crippen LogP contribution in [0.1, 0.15) is 51.0 Å². The summed E-state index contributed by atoms with van der Waals surface area (Å²) in [5.74, 6) is 0.333. The smallest absolute Gasteiger partial charge is 0.207 e. The number of benzene rings is 1. The summed E-state index contributed by atoms with van der Waals surface area (Å²) in [6, 6.07) is 7.18. The van der Waals surface area contributed by atoms with Crippen molar-refractivity contribution < 1.29 is 8.42 Å². The quantitative estimate of drug-likeness (QED) is 0.805. The van der Waals surface area contributed by atoms with E-state index >= 15 is 0 Å². The van der Waals surface area contributed by atoms with Crippen molar-refractivity contribution in [2.45, 2.75) is 62.3 Å². The summed E-state index contributed by atoms with van der Waals surface area (Å²) in [4.78, 5) is 0.331. The van der Waals surface area contributed by atoms with Crippen molar-refractivity contribution in [2.75, 3.05) is 5.88 Å². The number of alkyl halides is 1. The minimum atomic E-state index is -3.50. The molecule has 21 heavy (non-hydrogen) atoms. The van der Waals surface area contributed by atoms with E-state index in [4.69, 9.17) is 11.6 Å². The molecule has 0 unspecified atom stereocenters. The fourth-order valence-electron chi connectivity index (χ4n) is 2.96. The van der Waals surface area contributed by atoms with Crippen LogP contribution in [0.15, 0.2) is 29.2 Å². The van der Waals surface area contributed by atoms with E-state index < -0.39 is 15.6 Å². The van der Waals surface area contributed by atoms with E-state index in [-0.39, 0.29) is 0 Å². The zero-order chi connectivity index (χ0) is 15.3. The third-order valence-corrected chi connectivity index (χ3v) is 6.30. The number of hydrogen-bond donors (Lipinski definition) is 1. The van der Waals surface area contributed by atoms with Crippen LogP contribution in [-0.4, -0.2) is 19.8 Å². The molecule has 1 N–H and O–H groups in total. The molecule has 1 aromatic carbocycles. The first kappa shape index (κ1) is 16.8. The Balaban J connectivity index is 2.16. The van der Waals surface area contributed by atoms with Gasteiger partial charge in [0.15, 0.2) is 0 Å². The maximum atomic E-state index is 12.6. The molecule has 1 saturated carbocycles. The largest absolute Gasteiger partial charge is 0.241 e. The zero-order valence-electron chi connectivity index (χ0n) is 12.6. The second-order valence-corrected chi connectivity index (χ2v) is 7.92. The molecule has 0 bridgehead atoms. The van der Waals surface area contributed by atoms with Gasteiger partial charge in [0.2, 0.25) is 10.0 Å². The third kappa shape index (κ3) is 4.21. The zero-order valence-corrected chi connectivity index (χ0v) is 14.1. The maximum Gasteiger partial charge on any atom is 0.241 e. The van der Waals surface area contributed by atoms with Gasteiger partial charge < -0.3 is 0 Å². The highest BCUT2D eigenvalue weighted by atomic mass is 35.5. The molecule has 0 atom stereocenters. The second kappa shape index (κ2) is 7.12. The summed E-state index contributed by atoms with van der Waals surface area (Å²) in [7, 11) is -3.50. The lowest BCUT2D eigenvalue weighted by Crippen LogP contribution is -2.51. The lowest BCUT2D eigenvalue weighted by molar-refractivity contribution is 0.298. The molecule has 1 fully saturated rings. The van der Waals surface area contributed by atoms with E-state index in [0.29, 0.717) is 10.8 Å². The number of sulfonamides is 1. The van der Waals surface area contributed by atoms with Gasteiger partial charge in [0, 0.05) is 11.4 Å². The number of rotatable bonds is 6. The highest BCUT2D eigenvalue weighted by Crippen LogP contribution is 2.31. The first-order valence-corrected chi connectivity index (χ1v) is 9.72. The van der Waals surface area contributed by atoms with Crippen molar-refractivity contribution in [3.05, 3.63) is 29.8 Å². The molecule has 0 spiro atoms. The van der Waals surface area contributed by atoms with E-state index in [9.17, 15) is 8.42 Å². The number of nitrogens with one attached hydrogen (secondary N) is 1. The van der Waals surface area contributed by atoms with E-state index in [1.54, 1.807) is 12.1 Å². The Bertz CT molecular complexity index is 548. The first-order chi connectivity index (χ1) is 10.0. The highest BCUT2D eigenvalue weighted by Gasteiger charge is 2.35. The molecule has 0 aliphatic heterocycles. The molecule has 0 heterocycles. The van der Waals surface area contributed by atoms with Crippen LogP contribution in [0.5, 0.6) is 0 Å². The third-order valence-electron chi connectivity index (χ3n) is 4.19. The molecule has 3 nitrogen and oxygen atoms in total. The number of aryl methyl sites for hydroxylation is 1. The molecule has 118 valence electrons. The van der Waals surface area contributed by atoms with Crippen LogP contribution in [0.4, 0.5) is 0 Å². The molecule has 1 aliphatic carbocycles. The fourth-order valence-corrected chi connectivity index (χ4v) is 4.83. The predicted octanol–water partition coefficient (Wildman–Crippen LogP) is 3.86. The molecule has 0 aromatic heterocycles. The molecule has 0 saturated heterocycles. The predicted molar refractivity (Wildman–Crippen MR) is 87.3 cm³/mol. The van der Waals surface area contributed by atoms with Crippen LogP contribution in [0.3, 0.4) is 0 Å². The molecule has 0 radical (unpaired) electrons. The molecule has 5 heteroatoms. The Labute approximate surface area is 133 Å². The van der Waals surface area contributed by atoms with Gasteiger partial charge in [0.25, 0.3) is 0 Å². The van der Waals surface area contributed by atoms with Crippen LogP contribution in [0.25, 0.3) is 0 Å². The van der Waals surface area contributed by atoms with Gasteiger partial charge in [-0.05, 0) is 37.0 Å². The summed E-state index contributed by atoms with van der Waals surface area (Å²) in [5, 5.41) is 0. The Morgan fingerprint density at radius 3 is 2.29 bits per heavy atom. The summed E-state index contributed by atoms with van der Waals surface area (Å²) in [5.41, 5.74) is 0.696. The average molecular weight is 330 g/mol. The monoisotopic (exact) mass is 329 g/mol. The summed E-state index contributed by atoms with van der Waals surface area (Å²) >= 11 is 6.07. The van der Waals surface area contributed by atoms with Gasteiger partial charge in [-0.2, -0.15) is 0 Å². The van der Waals surface area contributed by atoms with E-state index in [0.717, 1.165) is 44.9 Å². The average Bonchev–Trinajstić information content (AvgIpc) is 2.49. The van der Waals surface area contributed by atoms with Gasteiger partial charge in [0.05, 0.1) is 4.90 Å². The maximum absolute atomic E-state index is 12.6.